The molecule has 1 unspecified atom stereocenters. The lowest BCUT2D eigenvalue weighted by atomic mass is 10.1. The van der Waals surface area contributed by atoms with Crippen LogP contribution in [0, 0.1) is 5.92 Å². The zero-order valence-corrected chi connectivity index (χ0v) is 12.1. The average Bonchev–Trinajstić information content (AvgIpc) is 2.24. The minimum atomic E-state index is 0.606. The zero-order chi connectivity index (χ0) is 11.1. The van der Waals surface area contributed by atoms with Crippen molar-refractivity contribution < 1.29 is 4.74 Å². The van der Waals surface area contributed by atoms with Crippen molar-refractivity contribution in [1.82, 2.24) is 0 Å². The van der Waals surface area contributed by atoms with E-state index in [-0.39, 0.29) is 0 Å². The van der Waals surface area contributed by atoms with Gasteiger partial charge in [0.1, 0.15) is 5.75 Å². The van der Waals surface area contributed by atoms with Crippen molar-refractivity contribution >= 4 is 31.9 Å². The van der Waals surface area contributed by atoms with E-state index in [0.29, 0.717) is 5.92 Å². The van der Waals surface area contributed by atoms with Crippen molar-refractivity contribution in [3.8, 4) is 5.75 Å². The first-order valence-corrected chi connectivity index (χ1v) is 7.12. The van der Waals surface area contributed by atoms with Crippen LogP contribution in [0.4, 0.5) is 0 Å². The predicted octanol–water partition coefficient (Wildman–Crippen LogP) is 4.64. The Morgan fingerprint density at radius 3 is 2.80 bits per heavy atom. The van der Waals surface area contributed by atoms with Gasteiger partial charge in [0.15, 0.2) is 0 Å². The van der Waals surface area contributed by atoms with E-state index in [9.17, 15) is 0 Å². The SMILES string of the molecule is CCCC(CBr)COc1cccc(Br)c1. The van der Waals surface area contributed by atoms with Crippen molar-refractivity contribution in [3.63, 3.8) is 0 Å². The minimum Gasteiger partial charge on any atom is -0.493 e. The second-order valence-corrected chi connectivity index (χ2v) is 5.14. The molecule has 15 heavy (non-hydrogen) atoms. The first-order valence-electron chi connectivity index (χ1n) is 5.20. The van der Waals surface area contributed by atoms with Gasteiger partial charge in [-0.1, -0.05) is 51.3 Å². The molecule has 1 atom stereocenters. The highest BCUT2D eigenvalue weighted by molar-refractivity contribution is 9.10. The van der Waals surface area contributed by atoms with Crippen LogP contribution in [0.2, 0.25) is 0 Å². The van der Waals surface area contributed by atoms with E-state index in [4.69, 9.17) is 4.74 Å². The Labute approximate surface area is 108 Å². The van der Waals surface area contributed by atoms with E-state index in [0.717, 1.165) is 22.2 Å². The van der Waals surface area contributed by atoms with Gasteiger partial charge < -0.3 is 4.74 Å². The van der Waals surface area contributed by atoms with Crippen molar-refractivity contribution in [1.29, 1.82) is 0 Å². The highest BCUT2D eigenvalue weighted by Crippen LogP contribution is 2.19. The largest absolute Gasteiger partial charge is 0.493 e. The summed E-state index contributed by atoms with van der Waals surface area (Å²) in [6, 6.07) is 7.97. The molecule has 0 aliphatic heterocycles. The number of ether oxygens (including phenoxy) is 1. The molecule has 0 aromatic heterocycles. The Hall–Kier alpha value is -0.0200. The Kier molecular flexibility index (Phi) is 6.34. The van der Waals surface area contributed by atoms with Gasteiger partial charge in [-0.15, -0.1) is 0 Å². The second-order valence-electron chi connectivity index (χ2n) is 3.58. The summed E-state index contributed by atoms with van der Waals surface area (Å²) in [7, 11) is 0. The van der Waals surface area contributed by atoms with Crippen LogP contribution < -0.4 is 4.74 Å². The quantitative estimate of drug-likeness (QED) is 0.688. The summed E-state index contributed by atoms with van der Waals surface area (Å²) in [6.45, 7) is 2.99. The van der Waals surface area contributed by atoms with Crippen LogP contribution in [-0.4, -0.2) is 11.9 Å². The van der Waals surface area contributed by atoms with Crippen LogP contribution >= 0.6 is 31.9 Å². The maximum atomic E-state index is 5.73. The molecule has 0 spiro atoms. The van der Waals surface area contributed by atoms with Gasteiger partial charge in [0.2, 0.25) is 0 Å². The fourth-order valence-electron chi connectivity index (χ4n) is 1.38. The third-order valence-corrected chi connectivity index (χ3v) is 3.61. The standard InChI is InChI=1S/C12H16Br2O/c1-2-4-10(8-13)9-15-12-6-3-5-11(14)7-12/h3,5-7,10H,2,4,8-9H2,1H3. The van der Waals surface area contributed by atoms with E-state index in [1.165, 1.54) is 12.8 Å². The van der Waals surface area contributed by atoms with E-state index in [1.807, 2.05) is 24.3 Å². The summed E-state index contributed by atoms with van der Waals surface area (Å²) in [5.41, 5.74) is 0. The van der Waals surface area contributed by atoms with E-state index < -0.39 is 0 Å². The molecule has 0 saturated carbocycles. The van der Waals surface area contributed by atoms with Gasteiger partial charge in [0.05, 0.1) is 6.61 Å². The number of halogens is 2. The van der Waals surface area contributed by atoms with Crippen molar-refractivity contribution in [2.75, 3.05) is 11.9 Å². The summed E-state index contributed by atoms with van der Waals surface area (Å²) in [4.78, 5) is 0. The summed E-state index contributed by atoms with van der Waals surface area (Å²) < 4.78 is 6.79. The molecule has 0 N–H and O–H groups in total. The molecule has 0 amide bonds. The number of benzene rings is 1. The van der Waals surface area contributed by atoms with Gasteiger partial charge in [-0.25, -0.2) is 0 Å². The zero-order valence-electron chi connectivity index (χ0n) is 8.88. The van der Waals surface area contributed by atoms with Gasteiger partial charge in [0, 0.05) is 15.7 Å². The molecule has 1 aromatic carbocycles. The molecule has 0 aliphatic carbocycles. The lowest BCUT2D eigenvalue weighted by Gasteiger charge is -2.14. The first kappa shape index (κ1) is 13.0. The minimum absolute atomic E-state index is 0.606. The van der Waals surface area contributed by atoms with Crippen LogP contribution in [0.1, 0.15) is 19.8 Å². The van der Waals surface area contributed by atoms with Crippen molar-refractivity contribution in [2.24, 2.45) is 5.92 Å². The van der Waals surface area contributed by atoms with E-state index >= 15 is 0 Å². The van der Waals surface area contributed by atoms with Gasteiger partial charge in [-0.3, -0.25) is 0 Å². The Morgan fingerprint density at radius 2 is 2.20 bits per heavy atom. The van der Waals surface area contributed by atoms with E-state index in [2.05, 4.69) is 38.8 Å². The molecular formula is C12H16Br2O. The number of alkyl halides is 1. The Morgan fingerprint density at radius 1 is 1.40 bits per heavy atom. The maximum Gasteiger partial charge on any atom is 0.120 e. The monoisotopic (exact) mass is 334 g/mol. The Balaban J connectivity index is 2.41. The molecule has 0 aliphatic rings. The van der Waals surface area contributed by atoms with Crippen LogP contribution in [0.5, 0.6) is 5.75 Å². The molecule has 1 aromatic rings. The number of hydrogen-bond acceptors (Lipinski definition) is 1. The highest BCUT2D eigenvalue weighted by atomic mass is 79.9. The third-order valence-electron chi connectivity index (χ3n) is 2.20. The van der Waals surface area contributed by atoms with Gasteiger partial charge in [0.25, 0.3) is 0 Å². The fourth-order valence-corrected chi connectivity index (χ4v) is 2.27. The Bertz CT molecular complexity index is 289. The van der Waals surface area contributed by atoms with Crippen LogP contribution in [0.15, 0.2) is 28.7 Å². The van der Waals surface area contributed by atoms with Gasteiger partial charge in [-0.05, 0) is 24.6 Å². The summed E-state index contributed by atoms with van der Waals surface area (Å²) in [6.07, 6.45) is 2.41. The van der Waals surface area contributed by atoms with Crippen LogP contribution in [-0.2, 0) is 0 Å². The first-order chi connectivity index (χ1) is 7.26. The van der Waals surface area contributed by atoms with Gasteiger partial charge in [-0.2, -0.15) is 0 Å². The summed E-state index contributed by atoms with van der Waals surface area (Å²) >= 11 is 6.94. The molecule has 0 bridgehead atoms. The van der Waals surface area contributed by atoms with Crippen LogP contribution in [0.3, 0.4) is 0 Å². The fraction of sp³-hybridized carbons (Fsp3) is 0.500. The van der Waals surface area contributed by atoms with Crippen LogP contribution in [0.25, 0.3) is 0 Å². The smallest absolute Gasteiger partial charge is 0.120 e. The molecule has 0 fully saturated rings. The molecule has 0 heterocycles. The molecular weight excluding hydrogens is 320 g/mol. The van der Waals surface area contributed by atoms with Gasteiger partial charge >= 0.3 is 0 Å². The van der Waals surface area contributed by atoms with E-state index in [1.54, 1.807) is 0 Å². The maximum absolute atomic E-state index is 5.73. The molecule has 84 valence electrons. The number of rotatable bonds is 6. The highest BCUT2D eigenvalue weighted by Gasteiger charge is 2.06. The molecule has 1 nitrogen and oxygen atoms in total. The number of hydrogen-bond donors (Lipinski definition) is 0. The molecule has 3 heteroatoms. The third kappa shape index (κ3) is 5.03. The lowest BCUT2D eigenvalue weighted by Crippen LogP contribution is -2.13. The summed E-state index contributed by atoms with van der Waals surface area (Å²) in [5, 5.41) is 1.01. The lowest BCUT2D eigenvalue weighted by molar-refractivity contribution is 0.255. The molecule has 1 rings (SSSR count). The predicted molar refractivity (Wildman–Crippen MR) is 71.8 cm³/mol. The summed E-state index contributed by atoms with van der Waals surface area (Å²) in [5.74, 6) is 1.54. The van der Waals surface area contributed by atoms with Crippen molar-refractivity contribution in [2.45, 2.75) is 19.8 Å². The second kappa shape index (κ2) is 7.29. The molecule has 0 saturated heterocycles. The van der Waals surface area contributed by atoms with Crippen molar-refractivity contribution in [3.05, 3.63) is 28.7 Å². The average molecular weight is 336 g/mol. The topological polar surface area (TPSA) is 9.23 Å². The molecule has 0 radical (unpaired) electrons. The normalized spacial score (nSPS) is 12.5.